The summed E-state index contributed by atoms with van der Waals surface area (Å²) in [4.78, 5) is 18.8. The van der Waals surface area contributed by atoms with Crippen molar-refractivity contribution in [3.63, 3.8) is 0 Å². The lowest BCUT2D eigenvalue weighted by atomic mass is 10.0. The molecule has 2 saturated heterocycles. The van der Waals surface area contributed by atoms with Crippen LogP contribution in [0.3, 0.4) is 0 Å². The minimum Gasteiger partial charge on any atom is -0.495 e. The summed E-state index contributed by atoms with van der Waals surface area (Å²) in [6, 6.07) is 5.08. The Morgan fingerprint density at radius 1 is 1.31 bits per heavy atom. The van der Waals surface area contributed by atoms with Crippen molar-refractivity contribution in [2.45, 2.75) is 49.8 Å². The zero-order valence-corrected chi connectivity index (χ0v) is 18.7. The highest BCUT2D eigenvalue weighted by atomic mass is 35.5. The van der Waals surface area contributed by atoms with Crippen LogP contribution in [0.1, 0.15) is 38.5 Å². The smallest absolute Gasteiger partial charge is 0.248 e. The van der Waals surface area contributed by atoms with Crippen molar-refractivity contribution in [1.29, 1.82) is 0 Å². The molecule has 0 radical (unpaired) electrons. The van der Waals surface area contributed by atoms with E-state index in [2.05, 4.69) is 4.99 Å². The molecule has 9 heteroatoms. The lowest BCUT2D eigenvalue weighted by Crippen LogP contribution is -2.37. The Morgan fingerprint density at radius 2 is 2.07 bits per heavy atom. The summed E-state index contributed by atoms with van der Waals surface area (Å²) in [7, 11) is -1.56. The molecule has 3 fully saturated rings. The summed E-state index contributed by atoms with van der Waals surface area (Å²) >= 11 is 7.69. The van der Waals surface area contributed by atoms with Gasteiger partial charge in [-0.1, -0.05) is 49.0 Å². The van der Waals surface area contributed by atoms with Gasteiger partial charge in [-0.15, -0.1) is 0 Å². The average Bonchev–Trinajstić information content (AvgIpc) is 3.34. The van der Waals surface area contributed by atoms with Gasteiger partial charge in [-0.3, -0.25) is 4.79 Å². The van der Waals surface area contributed by atoms with Crippen molar-refractivity contribution in [2.75, 3.05) is 23.5 Å². The Labute approximate surface area is 181 Å². The van der Waals surface area contributed by atoms with Crippen LogP contribution in [0.5, 0.6) is 5.75 Å². The van der Waals surface area contributed by atoms with Gasteiger partial charge >= 0.3 is 0 Å². The highest BCUT2D eigenvalue weighted by Crippen LogP contribution is 2.42. The number of anilines is 1. The molecular weight excluding hydrogens is 432 g/mol. The number of rotatable bonds is 5. The van der Waals surface area contributed by atoms with Crippen molar-refractivity contribution < 1.29 is 17.9 Å². The summed E-state index contributed by atoms with van der Waals surface area (Å²) in [6.07, 6.45) is 6.25. The summed E-state index contributed by atoms with van der Waals surface area (Å²) in [5.74, 6) is 1.22. The Morgan fingerprint density at radius 3 is 2.76 bits per heavy atom. The van der Waals surface area contributed by atoms with Crippen molar-refractivity contribution >= 4 is 50.0 Å². The van der Waals surface area contributed by atoms with Gasteiger partial charge in [-0.2, -0.15) is 4.99 Å². The van der Waals surface area contributed by atoms with E-state index < -0.39 is 9.84 Å². The average molecular weight is 457 g/mol. The monoisotopic (exact) mass is 456 g/mol. The number of carbonyl (C=O) groups excluding carboxylic acids is 1. The molecule has 2 heterocycles. The molecule has 2 atom stereocenters. The third kappa shape index (κ3) is 4.59. The predicted octanol–water partition coefficient (Wildman–Crippen LogP) is 3.92. The fourth-order valence-corrected chi connectivity index (χ4v) is 8.64. The van der Waals surface area contributed by atoms with Crippen molar-refractivity contribution in [3.8, 4) is 5.75 Å². The van der Waals surface area contributed by atoms with Crippen LogP contribution in [0.2, 0.25) is 5.02 Å². The molecule has 3 aliphatic rings. The van der Waals surface area contributed by atoms with Crippen molar-refractivity contribution in [3.05, 3.63) is 23.2 Å². The SMILES string of the molecule is COc1ccc(N2C(=NC(=O)CCC3CCCC3)S[C@H]3CS(=O)(=O)C[C@H]32)cc1Cl. The molecule has 29 heavy (non-hydrogen) atoms. The van der Waals surface area contributed by atoms with Crippen LogP contribution in [-0.4, -0.2) is 49.4 Å². The molecule has 0 spiro atoms. The molecule has 1 aromatic carbocycles. The molecule has 0 N–H and O–H groups in total. The molecule has 1 aliphatic carbocycles. The molecule has 0 bridgehead atoms. The molecule has 0 aromatic heterocycles. The maximum Gasteiger partial charge on any atom is 0.248 e. The van der Waals surface area contributed by atoms with Crippen LogP contribution in [0.4, 0.5) is 5.69 Å². The van der Waals surface area contributed by atoms with E-state index >= 15 is 0 Å². The number of carbonyl (C=O) groups is 1. The maximum atomic E-state index is 12.6. The molecule has 1 aromatic rings. The molecule has 0 unspecified atom stereocenters. The van der Waals surface area contributed by atoms with Crippen LogP contribution < -0.4 is 9.64 Å². The normalized spacial score (nSPS) is 27.5. The third-order valence-electron chi connectivity index (χ3n) is 5.94. The number of hydrogen-bond acceptors (Lipinski definition) is 5. The topological polar surface area (TPSA) is 76.0 Å². The van der Waals surface area contributed by atoms with Crippen LogP contribution in [0, 0.1) is 5.92 Å². The number of nitrogens with zero attached hydrogens (tertiary/aromatic N) is 2. The summed E-state index contributed by atoms with van der Waals surface area (Å²) in [5.41, 5.74) is 0.732. The Hall–Kier alpha value is -1.25. The number of hydrogen-bond donors (Lipinski definition) is 0. The second-order valence-corrected chi connectivity index (χ2v) is 11.7. The molecule has 6 nitrogen and oxygen atoms in total. The predicted molar refractivity (Wildman–Crippen MR) is 118 cm³/mol. The number of benzene rings is 1. The number of ether oxygens (including phenoxy) is 1. The summed E-state index contributed by atoms with van der Waals surface area (Å²) in [6.45, 7) is 0. The first-order valence-electron chi connectivity index (χ1n) is 9.97. The van der Waals surface area contributed by atoms with E-state index in [1.54, 1.807) is 19.2 Å². The zero-order chi connectivity index (χ0) is 20.6. The maximum absolute atomic E-state index is 12.6. The standard InChI is InChI=1S/C20H25ClN2O4S2/c1-27-17-8-7-14(10-15(17)21)23-16-11-29(25,26)12-18(16)28-20(23)22-19(24)9-6-13-4-2-3-5-13/h7-8,10,13,16,18H,2-6,9,11-12H2,1H3/t16-,18+/m1/s1. The largest absolute Gasteiger partial charge is 0.495 e. The minimum absolute atomic E-state index is 0.0591. The summed E-state index contributed by atoms with van der Waals surface area (Å²) in [5, 5.41) is 0.890. The van der Waals surface area contributed by atoms with Gasteiger partial charge in [0.15, 0.2) is 15.0 Å². The van der Waals surface area contributed by atoms with E-state index in [0.717, 1.165) is 12.1 Å². The van der Waals surface area contributed by atoms with Gasteiger partial charge in [0.1, 0.15) is 5.75 Å². The van der Waals surface area contributed by atoms with Crippen LogP contribution >= 0.6 is 23.4 Å². The fourth-order valence-electron chi connectivity index (χ4n) is 4.46. The van der Waals surface area contributed by atoms with Gasteiger partial charge in [0.25, 0.3) is 0 Å². The van der Waals surface area contributed by atoms with E-state index in [1.807, 2.05) is 11.0 Å². The van der Waals surface area contributed by atoms with E-state index in [9.17, 15) is 13.2 Å². The van der Waals surface area contributed by atoms with Crippen LogP contribution in [0.25, 0.3) is 0 Å². The Balaban J connectivity index is 1.58. The van der Waals surface area contributed by atoms with Crippen LogP contribution in [-0.2, 0) is 14.6 Å². The van der Waals surface area contributed by atoms with E-state index in [-0.39, 0.29) is 28.7 Å². The first kappa shape index (κ1) is 21.0. The van der Waals surface area contributed by atoms with Crippen LogP contribution in [0.15, 0.2) is 23.2 Å². The molecule has 1 saturated carbocycles. The van der Waals surface area contributed by atoms with Gasteiger partial charge < -0.3 is 9.64 Å². The van der Waals surface area contributed by atoms with E-state index in [4.69, 9.17) is 16.3 Å². The van der Waals surface area contributed by atoms with Gasteiger partial charge in [-0.05, 0) is 30.5 Å². The van der Waals surface area contributed by atoms with E-state index in [1.165, 1.54) is 37.4 Å². The number of thioether (sulfide) groups is 1. The Kier molecular flexibility index (Phi) is 6.14. The van der Waals surface area contributed by atoms with Crippen molar-refractivity contribution in [2.24, 2.45) is 10.9 Å². The number of fused-ring (bicyclic) bond motifs is 1. The lowest BCUT2D eigenvalue weighted by molar-refractivity contribution is -0.118. The second kappa shape index (κ2) is 8.47. The second-order valence-electron chi connectivity index (χ2n) is 7.97. The molecule has 1 amide bonds. The molecular formula is C20H25ClN2O4S2. The van der Waals surface area contributed by atoms with Gasteiger partial charge in [0.2, 0.25) is 5.91 Å². The highest BCUT2D eigenvalue weighted by molar-refractivity contribution is 8.16. The third-order valence-corrected chi connectivity index (χ3v) is 9.45. The van der Waals surface area contributed by atoms with Crippen molar-refractivity contribution in [1.82, 2.24) is 0 Å². The highest BCUT2D eigenvalue weighted by Gasteiger charge is 2.49. The molecule has 4 rings (SSSR count). The van der Waals surface area contributed by atoms with Gasteiger partial charge in [0, 0.05) is 17.4 Å². The van der Waals surface area contributed by atoms with Gasteiger partial charge in [0.05, 0.1) is 29.7 Å². The number of sulfone groups is 1. The Bertz CT molecular complexity index is 928. The number of amidine groups is 1. The minimum atomic E-state index is -3.10. The first-order chi connectivity index (χ1) is 13.9. The number of methoxy groups -OCH3 is 1. The quantitative estimate of drug-likeness (QED) is 0.668. The first-order valence-corrected chi connectivity index (χ1v) is 13.1. The van der Waals surface area contributed by atoms with Gasteiger partial charge in [-0.25, -0.2) is 8.42 Å². The van der Waals surface area contributed by atoms with E-state index in [0.29, 0.717) is 28.3 Å². The number of amides is 1. The summed E-state index contributed by atoms with van der Waals surface area (Å²) < 4.78 is 29.6. The number of halogens is 1. The number of aliphatic imine (C=N–C) groups is 1. The zero-order valence-electron chi connectivity index (χ0n) is 16.3. The molecule has 2 aliphatic heterocycles. The lowest BCUT2D eigenvalue weighted by Gasteiger charge is -2.25. The molecule has 158 valence electrons. The fraction of sp³-hybridized carbons (Fsp3) is 0.600.